The van der Waals surface area contributed by atoms with Crippen LogP contribution in [0.2, 0.25) is 0 Å². The molecule has 0 radical (unpaired) electrons. The lowest BCUT2D eigenvalue weighted by atomic mass is 10.2. The normalized spacial score (nSPS) is 9.70. The average molecular weight is 335 g/mol. The van der Waals surface area contributed by atoms with Crippen molar-refractivity contribution < 1.29 is 9.47 Å². The van der Waals surface area contributed by atoms with Crippen LogP contribution in [0.4, 0.5) is 5.82 Å². The van der Waals surface area contributed by atoms with Gasteiger partial charge in [-0.2, -0.15) is 5.26 Å². The molecule has 2 rings (SSSR count). The van der Waals surface area contributed by atoms with Crippen molar-refractivity contribution in [3.05, 3.63) is 34.6 Å². The second kappa shape index (κ2) is 6.21. The number of nitrogens with one attached hydrogen (secondary N) is 1. The van der Waals surface area contributed by atoms with Crippen molar-refractivity contribution in [3.8, 4) is 23.4 Å². The highest BCUT2D eigenvalue weighted by atomic mass is 79.9. The second-order valence-corrected chi connectivity index (χ2v) is 4.50. The topological polar surface area (TPSA) is 80.1 Å². The molecule has 6 nitrogen and oxygen atoms in total. The molecule has 0 aliphatic carbocycles. The van der Waals surface area contributed by atoms with Crippen LogP contribution in [0.1, 0.15) is 5.56 Å². The van der Waals surface area contributed by atoms with Crippen LogP contribution in [0.25, 0.3) is 0 Å². The zero-order chi connectivity index (χ0) is 14.5. The summed E-state index contributed by atoms with van der Waals surface area (Å²) in [5, 5.41) is 11.9. The lowest BCUT2D eigenvalue weighted by molar-refractivity contribution is 0.406. The third kappa shape index (κ3) is 2.97. The largest absolute Gasteiger partial charge is 0.497 e. The Hall–Kier alpha value is -2.33. The van der Waals surface area contributed by atoms with Gasteiger partial charge in [0.15, 0.2) is 0 Å². The fourth-order valence-corrected chi connectivity index (χ4v) is 2.01. The highest BCUT2D eigenvalue weighted by molar-refractivity contribution is 9.10. The van der Waals surface area contributed by atoms with E-state index in [1.807, 2.05) is 6.07 Å². The molecule has 0 bridgehead atoms. The van der Waals surface area contributed by atoms with E-state index in [0.717, 1.165) is 0 Å². The Bertz CT molecular complexity index is 670. The number of nitriles is 1. The average Bonchev–Trinajstić information content (AvgIpc) is 2.49. The highest BCUT2D eigenvalue weighted by Crippen LogP contribution is 2.33. The van der Waals surface area contributed by atoms with Gasteiger partial charge < -0.3 is 14.8 Å². The summed E-state index contributed by atoms with van der Waals surface area (Å²) >= 11 is 3.36. The van der Waals surface area contributed by atoms with Crippen molar-refractivity contribution in [3.63, 3.8) is 0 Å². The molecule has 0 aliphatic rings. The zero-order valence-electron chi connectivity index (χ0n) is 10.8. The number of methoxy groups -OCH3 is 1. The van der Waals surface area contributed by atoms with Gasteiger partial charge in [-0.25, -0.2) is 9.97 Å². The Balaban J connectivity index is 2.37. The molecule has 0 aliphatic heterocycles. The summed E-state index contributed by atoms with van der Waals surface area (Å²) in [4.78, 5) is 8.09. The molecule has 0 amide bonds. The molecule has 1 aromatic heterocycles. The quantitative estimate of drug-likeness (QED) is 0.925. The summed E-state index contributed by atoms with van der Waals surface area (Å²) in [6, 6.07) is 6.96. The molecule has 7 heteroatoms. The fourth-order valence-electron chi connectivity index (χ4n) is 1.52. The Morgan fingerprint density at radius 2 is 2.00 bits per heavy atom. The molecule has 102 valence electrons. The van der Waals surface area contributed by atoms with Crippen molar-refractivity contribution >= 4 is 21.7 Å². The van der Waals surface area contributed by atoms with Crippen LogP contribution < -0.4 is 14.8 Å². The highest BCUT2D eigenvalue weighted by Gasteiger charge is 2.11. The van der Waals surface area contributed by atoms with E-state index in [2.05, 4.69) is 31.2 Å². The molecule has 0 atom stereocenters. The lowest BCUT2D eigenvalue weighted by Gasteiger charge is -2.10. The minimum absolute atomic E-state index is 0.349. The van der Waals surface area contributed by atoms with Crippen molar-refractivity contribution in [1.29, 1.82) is 5.26 Å². The van der Waals surface area contributed by atoms with E-state index < -0.39 is 0 Å². The first-order valence-electron chi connectivity index (χ1n) is 5.63. The monoisotopic (exact) mass is 334 g/mol. The Kier molecular flexibility index (Phi) is 4.38. The van der Waals surface area contributed by atoms with Crippen LogP contribution in [-0.4, -0.2) is 24.1 Å². The smallest absolute Gasteiger partial charge is 0.238 e. The molecule has 0 saturated heterocycles. The van der Waals surface area contributed by atoms with Gasteiger partial charge in [-0.05, 0) is 28.1 Å². The summed E-state index contributed by atoms with van der Waals surface area (Å²) in [6.07, 6.45) is 1.39. The number of hydrogen-bond donors (Lipinski definition) is 1. The first kappa shape index (κ1) is 14.1. The molecule has 1 heterocycles. The molecule has 1 N–H and O–H groups in total. The van der Waals surface area contributed by atoms with E-state index in [4.69, 9.17) is 14.7 Å². The number of anilines is 1. The predicted octanol–water partition coefficient (Wildman–Crippen LogP) is 2.95. The van der Waals surface area contributed by atoms with Gasteiger partial charge in [0.25, 0.3) is 0 Å². The molecule has 0 fully saturated rings. The van der Waals surface area contributed by atoms with Crippen molar-refractivity contribution in [1.82, 2.24) is 9.97 Å². The minimum atomic E-state index is 0.349. The van der Waals surface area contributed by atoms with Gasteiger partial charge in [-0.3, -0.25) is 0 Å². The van der Waals surface area contributed by atoms with Crippen LogP contribution in [0, 0.1) is 11.3 Å². The van der Waals surface area contributed by atoms with Gasteiger partial charge in [0, 0.05) is 13.1 Å². The van der Waals surface area contributed by atoms with Crippen LogP contribution in [-0.2, 0) is 0 Å². The number of benzene rings is 1. The molecular formula is C13H11BrN4O2. The first-order valence-corrected chi connectivity index (χ1v) is 6.42. The maximum absolute atomic E-state index is 8.98. The number of aromatic nitrogens is 2. The van der Waals surface area contributed by atoms with E-state index in [0.29, 0.717) is 33.2 Å². The maximum atomic E-state index is 8.98. The van der Waals surface area contributed by atoms with E-state index in [9.17, 15) is 0 Å². The summed E-state index contributed by atoms with van der Waals surface area (Å²) in [5.74, 6) is 1.96. The maximum Gasteiger partial charge on any atom is 0.238 e. The molecular weight excluding hydrogens is 324 g/mol. The standard InChI is InChI=1S/C13H11BrN4O2/c1-16-12-11(14)13(18-7-17-12)20-10-4-8(6-15)3-9(5-10)19-2/h3-5,7H,1-2H3,(H,16,17,18). The van der Waals surface area contributed by atoms with E-state index in [1.165, 1.54) is 13.4 Å². The van der Waals surface area contributed by atoms with E-state index >= 15 is 0 Å². The van der Waals surface area contributed by atoms with Crippen LogP contribution >= 0.6 is 15.9 Å². The number of ether oxygens (including phenoxy) is 2. The summed E-state index contributed by atoms with van der Waals surface area (Å²) in [6.45, 7) is 0. The number of hydrogen-bond acceptors (Lipinski definition) is 6. The van der Waals surface area contributed by atoms with Gasteiger partial charge in [0.2, 0.25) is 5.88 Å². The fraction of sp³-hybridized carbons (Fsp3) is 0.154. The molecule has 0 saturated carbocycles. The number of rotatable bonds is 4. The minimum Gasteiger partial charge on any atom is -0.497 e. The molecule has 0 spiro atoms. The number of halogens is 1. The van der Waals surface area contributed by atoms with Crippen LogP contribution in [0.3, 0.4) is 0 Å². The third-order valence-electron chi connectivity index (χ3n) is 2.45. The molecule has 0 unspecified atom stereocenters. The first-order chi connectivity index (χ1) is 9.67. The van der Waals surface area contributed by atoms with Crippen molar-refractivity contribution in [2.24, 2.45) is 0 Å². The molecule has 2 aromatic rings. The second-order valence-electron chi connectivity index (χ2n) is 3.70. The molecule has 20 heavy (non-hydrogen) atoms. The van der Waals surface area contributed by atoms with Gasteiger partial charge in [0.05, 0.1) is 18.7 Å². The summed E-state index contributed by atoms with van der Waals surface area (Å²) in [5.41, 5.74) is 0.443. The Labute approximate surface area is 124 Å². The Morgan fingerprint density at radius 3 is 2.65 bits per heavy atom. The van der Waals surface area contributed by atoms with Gasteiger partial charge in [0.1, 0.15) is 28.1 Å². The van der Waals surface area contributed by atoms with Gasteiger partial charge in [-0.15, -0.1) is 0 Å². The van der Waals surface area contributed by atoms with Crippen LogP contribution in [0.5, 0.6) is 17.4 Å². The van der Waals surface area contributed by atoms with Gasteiger partial charge in [-0.1, -0.05) is 0 Å². The van der Waals surface area contributed by atoms with Gasteiger partial charge >= 0.3 is 0 Å². The lowest BCUT2D eigenvalue weighted by Crippen LogP contribution is -1.98. The zero-order valence-corrected chi connectivity index (χ0v) is 12.4. The van der Waals surface area contributed by atoms with Crippen molar-refractivity contribution in [2.75, 3.05) is 19.5 Å². The third-order valence-corrected chi connectivity index (χ3v) is 3.17. The summed E-state index contributed by atoms with van der Waals surface area (Å²) < 4.78 is 11.4. The number of nitrogens with zero attached hydrogens (tertiary/aromatic N) is 3. The SMILES string of the molecule is CNc1ncnc(Oc2cc(C#N)cc(OC)c2)c1Br. The van der Waals surface area contributed by atoms with Crippen LogP contribution in [0.15, 0.2) is 29.0 Å². The predicted molar refractivity (Wildman–Crippen MR) is 77.1 cm³/mol. The van der Waals surface area contributed by atoms with Crippen molar-refractivity contribution in [2.45, 2.75) is 0 Å². The summed E-state index contributed by atoms with van der Waals surface area (Å²) in [7, 11) is 3.27. The van der Waals surface area contributed by atoms with E-state index in [1.54, 1.807) is 25.2 Å². The molecule has 1 aromatic carbocycles. The Morgan fingerprint density at radius 1 is 1.25 bits per heavy atom. The van der Waals surface area contributed by atoms with E-state index in [-0.39, 0.29) is 0 Å².